The number of ether oxygens (including phenoxy) is 1. The van der Waals surface area contributed by atoms with Gasteiger partial charge in [-0.15, -0.1) is 0 Å². The first-order valence-corrected chi connectivity index (χ1v) is 9.02. The Bertz CT molecular complexity index is 1030. The number of rotatable bonds is 6. The van der Waals surface area contributed by atoms with Crippen LogP contribution in [0.4, 0.5) is 16.2 Å². The van der Waals surface area contributed by atoms with Crippen LogP contribution in [0.5, 0.6) is 0 Å². The summed E-state index contributed by atoms with van der Waals surface area (Å²) in [5, 5.41) is 7.13. The van der Waals surface area contributed by atoms with E-state index in [4.69, 9.17) is 10.5 Å². The van der Waals surface area contributed by atoms with Crippen molar-refractivity contribution < 1.29 is 9.53 Å². The number of anilines is 2. The zero-order valence-electron chi connectivity index (χ0n) is 15.6. The number of carbonyl (C=O) groups is 1. The number of nitrogens with zero attached hydrogens (tertiary/aromatic N) is 2. The molecule has 0 saturated carbocycles. The minimum atomic E-state index is -0.499. The lowest BCUT2D eigenvalue weighted by Gasteiger charge is -2.10. The molecule has 0 bridgehead atoms. The zero-order chi connectivity index (χ0) is 19.9. The van der Waals surface area contributed by atoms with E-state index in [0.717, 1.165) is 17.7 Å². The number of hydrogen-bond acceptors (Lipinski definition) is 5. The van der Waals surface area contributed by atoms with Crippen LogP contribution in [0.3, 0.4) is 0 Å². The molecule has 0 radical (unpaired) electrons. The molecular formula is C21H22N4O3. The highest BCUT2D eigenvalue weighted by Gasteiger charge is 2.08. The molecule has 0 fully saturated rings. The van der Waals surface area contributed by atoms with Crippen molar-refractivity contribution >= 4 is 17.5 Å². The molecule has 0 aliphatic carbocycles. The van der Waals surface area contributed by atoms with Gasteiger partial charge in [-0.25, -0.2) is 9.48 Å². The van der Waals surface area contributed by atoms with Crippen molar-refractivity contribution in [2.75, 3.05) is 17.7 Å². The summed E-state index contributed by atoms with van der Waals surface area (Å²) in [6, 6.07) is 16.0. The number of aromatic nitrogens is 2. The summed E-state index contributed by atoms with van der Waals surface area (Å²) in [6.45, 7) is 2.29. The molecule has 7 nitrogen and oxygen atoms in total. The summed E-state index contributed by atoms with van der Waals surface area (Å²) >= 11 is 0. The van der Waals surface area contributed by atoms with Crippen molar-refractivity contribution in [1.29, 1.82) is 0 Å². The Balaban J connectivity index is 1.80. The van der Waals surface area contributed by atoms with Crippen molar-refractivity contribution in [2.45, 2.75) is 19.8 Å². The molecule has 1 aromatic heterocycles. The maximum absolute atomic E-state index is 12.3. The topological polar surface area (TPSA) is 99.2 Å². The molecule has 3 rings (SSSR count). The summed E-state index contributed by atoms with van der Waals surface area (Å²) < 4.78 is 6.64. The van der Waals surface area contributed by atoms with E-state index in [0.29, 0.717) is 30.1 Å². The Kier molecular flexibility index (Phi) is 6.06. The molecule has 0 aliphatic heterocycles. The molecule has 28 heavy (non-hydrogen) atoms. The van der Waals surface area contributed by atoms with Gasteiger partial charge in [0.2, 0.25) is 5.43 Å². The lowest BCUT2D eigenvalue weighted by molar-refractivity contribution is 0.161. The molecular weight excluding hydrogens is 356 g/mol. The van der Waals surface area contributed by atoms with E-state index in [1.165, 1.54) is 6.07 Å². The highest BCUT2D eigenvalue weighted by molar-refractivity contribution is 5.84. The molecule has 144 valence electrons. The molecule has 1 heterocycles. The van der Waals surface area contributed by atoms with Gasteiger partial charge in [0.25, 0.3) is 0 Å². The highest BCUT2D eigenvalue weighted by atomic mass is 16.5. The van der Waals surface area contributed by atoms with Crippen molar-refractivity contribution in [2.24, 2.45) is 0 Å². The molecule has 0 spiro atoms. The molecule has 1 amide bonds. The fourth-order valence-corrected chi connectivity index (χ4v) is 2.68. The minimum absolute atomic E-state index is 0.152. The van der Waals surface area contributed by atoms with Crippen LogP contribution in [-0.2, 0) is 11.2 Å². The number of carbonyl (C=O) groups excluding carboxylic acids is 1. The number of amides is 1. The van der Waals surface area contributed by atoms with Crippen molar-refractivity contribution in [3.8, 4) is 5.69 Å². The number of nitrogens with two attached hydrogens (primary N) is 1. The molecule has 3 aromatic rings. The van der Waals surface area contributed by atoms with Crippen molar-refractivity contribution in [3.63, 3.8) is 0 Å². The minimum Gasteiger partial charge on any atom is -0.449 e. The average molecular weight is 378 g/mol. The molecule has 0 aliphatic rings. The second-order valence-electron chi connectivity index (χ2n) is 6.30. The van der Waals surface area contributed by atoms with E-state index in [1.807, 2.05) is 31.2 Å². The average Bonchev–Trinajstić information content (AvgIpc) is 2.68. The summed E-state index contributed by atoms with van der Waals surface area (Å²) in [4.78, 5) is 24.0. The van der Waals surface area contributed by atoms with E-state index in [1.54, 1.807) is 35.1 Å². The summed E-state index contributed by atoms with van der Waals surface area (Å²) in [5.41, 5.74) is 8.92. The van der Waals surface area contributed by atoms with E-state index in [-0.39, 0.29) is 5.43 Å². The van der Waals surface area contributed by atoms with Gasteiger partial charge in [0.15, 0.2) is 0 Å². The normalized spacial score (nSPS) is 10.5. The molecule has 7 heteroatoms. The van der Waals surface area contributed by atoms with Crippen LogP contribution in [-0.4, -0.2) is 22.5 Å². The summed E-state index contributed by atoms with van der Waals surface area (Å²) in [6.07, 6.45) is 2.21. The first-order chi connectivity index (χ1) is 13.5. The van der Waals surface area contributed by atoms with Gasteiger partial charge < -0.3 is 10.5 Å². The second-order valence-corrected chi connectivity index (χ2v) is 6.30. The highest BCUT2D eigenvalue weighted by Crippen LogP contribution is 2.14. The fourth-order valence-electron chi connectivity index (χ4n) is 2.68. The number of hydrogen-bond donors (Lipinski definition) is 2. The number of nitrogens with one attached hydrogen (secondary N) is 1. The largest absolute Gasteiger partial charge is 0.449 e. The Morgan fingerprint density at radius 3 is 2.79 bits per heavy atom. The fraction of sp³-hybridized carbons (Fsp3) is 0.190. The predicted molar refractivity (Wildman–Crippen MR) is 109 cm³/mol. The Labute approximate surface area is 162 Å². The van der Waals surface area contributed by atoms with Gasteiger partial charge in [0.1, 0.15) is 5.69 Å². The van der Waals surface area contributed by atoms with Gasteiger partial charge in [-0.1, -0.05) is 25.1 Å². The lowest BCUT2D eigenvalue weighted by Crippen LogP contribution is -2.17. The Morgan fingerprint density at radius 1 is 1.18 bits per heavy atom. The van der Waals surface area contributed by atoms with Crippen LogP contribution in [0.1, 0.15) is 24.6 Å². The van der Waals surface area contributed by atoms with Crippen molar-refractivity contribution in [1.82, 2.24) is 9.78 Å². The molecule has 3 N–H and O–H groups in total. The van der Waals surface area contributed by atoms with Crippen LogP contribution in [0.15, 0.2) is 65.6 Å². The molecule has 2 aromatic carbocycles. The van der Waals surface area contributed by atoms with Gasteiger partial charge in [-0.2, -0.15) is 5.10 Å². The monoisotopic (exact) mass is 378 g/mol. The first-order valence-electron chi connectivity index (χ1n) is 9.02. The van der Waals surface area contributed by atoms with Crippen LogP contribution in [0, 0.1) is 0 Å². The predicted octanol–water partition coefficient (Wildman–Crippen LogP) is 3.36. The van der Waals surface area contributed by atoms with Crippen LogP contribution in [0.25, 0.3) is 5.69 Å². The Hall–Kier alpha value is -3.61. The van der Waals surface area contributed by atoms with E-state index in [9.17, 15) is 9.59 Å². The number of nitrogen functional groups attached to an aromatic ring is 1. The van der Waals surface area contributed by atoms with E-state index < -0.39 is 6.09 Å². The molecule has 0 saturated heterocycles. The first kappa shape index (κ1) is 19.2. The third-order valence-corrected chi connectivity index (χ3v) is 4.00. The quantitative estimate of drug-likeness (QED) is 0.641. The lowest BCUT2D eigenvalue weighted by atomic mass is 10.1. The van der Waals surface area contributed by atoms with Gasteiger partial charge >= 0.3 is 6.09 Å². The molecule has 0 atom stereocenters. The Morgan fingerprint density at radius 2 is 2.00 bits per heavy atom. The van der Waals surface area contributed by atoms with E-state index in [2.05, 4.69) is 10.4 Å². The molecule has 0 unspecified atom stereocenters. The maximum atomic E-state index is 12.3. The van der Waals surface area contributed by atoms with Crippen LogP contribution < -0.4 is 16.5 Å². The SMILES string of the molecule is CCCOC(=O)Nc1cccc(Cc2nn(-c3cccc(N)c3)ccc2=O)c1. The number of benzene rings is 2. The second kappa shape index (κ2) is 8.85. The standard InChI is InChI=1S/C21H22N4O3/c1-2-11-28-21(27)23-17-7-3-5-15(12-17)13-19-20(26)9-10-25(24-19)18-8-4-6-16(22)14-18/h3-10,12,14H,2,11,13,22H2,1H3,(H,23,27). The smallest absolute Gasteiger partial charge is 0.411 e. The van der Waals surface area contributed by atoms with Crippen molar-refractivity contribution in [3.05, 3.63) is 82.3 Å². The van der Waals surface area contributed by atoms with Gasteiger partial charge in [-0.05, 0) is 42.3 Å². The van der Waals surface area contributed by atoms with E-state index >= 15 is 0 Å². The third-order valence-electron chi connectivity index (χ3n) is 4.00. The van der Waals surface area contributed by atoms with Crippen LogP contribution >= 0.6 is 0 Å². The third kappa shape index (κ3) is 4.97. The van der Waals surface area contributed by atoms with Gasteiger partial charge in [0.05, 0.1) is 12.3 Å². The zero-order valence-corrected chi connectivity index (χ0v) is 15.6. The van der Waals surface area contributed by atoms with Gasteiger partial charge in [-0.3, -0.25) is 10.1 Å². The summed E-state index contributed by atoms with van der Waals surface area (Å²) in [5.74, 6) is 0. The maximum Gasteiger partial charge on any atom is 0.411 e. The van der Waals surface area contributed by atoms with Crippen LogP contribution in [0.2, 0.25) is 0 Å². The summed E-state index contributed by atoms with van der Waals surface area (Å²) in [7, 11) is 0. The van der Waals surface area contributed by atoms with Gasteiger partial charge in [0, 0.05) is 30.1 Å².